The van der Waals surface area contributed by atoms with Crippen LogP contribution < -0.4 is 10.0 Å². The summed E-state index contributed by atoms with van der Waals surface area (Å²) in [7, 11) is -3.21. The smallest absolute Gasteiger partial charge is 0.211 e. The molecule has 0 unspecified atom stereocenters. The van der Waals surface area contributed by atoms with Crippen LogP contribution in [-0.4, -0.2) is 33.8 Å². The first-order valence-corrected chi connectivity index (χ1v) is 8.97. The van der Waals surface area contributed by atoms with Crippen molar-refractivity contribution in [2.45, 2.75) is 19.8 Å². The standard InChI is InChI=1S/C13H20Cl2N2O2S/c1-2-16-7-3-9-20(18,19)17-8-6-11-4-5-12(14)10-13(11)15/h4-5,10,16-17H,2-3,6-9H2,1H3. The van der Waals surface area contributed by atoms with Crippen LogP contribution >= 0.6 is 23.2 Å². The van der Waals surface area contributed by atoms with Gasteiger partial charge in [0, 0.05) is 16.6 Å². The third-order valence-corrected chi connectivity index (χ3v) is 4.81. The van der Waals surface area contributed by atoms with Crippen LogP contribution in [0.25, 0.3) is 0 Å². The summed E-state index contributed by atoms with van der Waals surface area (Å²) in [4.78, 5) is 0. The van der Waals surface area contributed by atoms with Gasteiger partial charge in [-0.2, -0.15) is 0 Å². The van der Waals surface area contributed by atoms with E-state index in [1.54, 1.807) is 12.1 Å². The number of halogens is 2. The molecule has 1 rings (SSSR count). The van der Waals surface area contributed by atoms with Crippen molar-refractivity contribution in [3.05, 3.63) is 33.8 Å². The highest BCUT2D eigenvalue weighted by Crippen LogP contribution is 2.21. The first kappa shape index (κ1) is 17.7. The van der Waals surface area contributed by atoms with Gasteiger partial charge in [0.1, 0.15) is 0 Å². The van der Waals surface area contributed by atoms with Crippen LogP contribution in [-0.2, 0) is 16.4 Å². The lowest BCUT2D eigenvalue weighted by Crippen LogP contribution is -2.30. The summed E-state index contributed by atoms with van der Waals surface area (Å²) in [6.45, 7) is 3.89. The van der Waals surface area contributed by atoms with Gasteiger partial charge in [0.2, 0.25) is 10.0 Å². The Morgan fingerprint density at radius 1 is 1.20 bits per heavy atom. The number of sulfonamides is 1. The highest BCUT2D eigenvalue weighted by atomic mass is 35.5. The van der Waals surface area contributed by atoms with E-state index in [4.69, 9.17) is 23.2 Å². The van der Waals surface area contributed by atoms with Crippen LogP contribution in [0.4, 0.5) is 0 Å². The monoisotopic (exact) mass is 338 g/mol. The van der Waals surface area contributed by atoms with Crippen LogP contribution in [0.1, 0.15) is 18.9 Å². The van der Waals surface area contributed by atoms with E-state index in [2.05, 4.69) is 10.0 Å². The minimum atomic E-state index is -3.21. The maximum atomic E-state index is 11.7. The first-order valence-electron chi connectivity index (χ1n) is 6.56. The second-order valence-electron chi connectivity index (χ2n) is 4.41. The maximum absolute atomic E-state index is 11.7. The van der Waals surface area contributed by atoms with Crippen LogP contribution in [0.3, 0.4) is 0 Å². The zero-order valence-corrected chi connectivity index (χ0v) is 13.8. The predicted octanol–water partition coefficient (Wildman–Crippen LogP) is 2.45. The molecule has 0 atom stereocenters. The average Bonchev–Trinajstić information content (AvgIpc) is 2.37. The van der Waals surface area contributed by atoms with E-state index in [1.807, 2.05) is 13.0 Å². The van der Waals surface area contributed by atoms with Crippen molar-refractivity contribution in [1.82, 2.24) is 10.0 Å². The highest BCUT2D eigenvalue weighted by molar-refractivity contribution is 7.89. The number of hydrogen-bond donors (Lipinski definition) is 2. The molecule has 0 aromatic heterocycles. The lowest BCUT2D eigenvalue weighted by atomic mass is 10.1. The summed E-state index contributed by atoms with van der Waals surface area (Å²) in [5.74, 6) is 0.133. The number of hydrogen-bond acceptors (Lipinski definition) is 3. The molecule has 0 bridgehead atoms. The van der Waals surface area contributed by atoms with Crippen LogP contribution in [0.15, 0.2) is 18.2 Å². The van der Waals surface area contributed by atoms with Crippen LogP contribution in [0.5, 0.6) is 0 Å². The molecule has 1 aromatic rings. The normalized spacial score (nSPS) is 11.8. The van der Waals surface area contributed by atoms with Crippen molar-refractivity contribution >= 4 is 33.2 Å². The van der Waals surface area contributed by atoms with Crippen molar-refractivity contribution in [3.8, 4) is 0 Å². The summed E-state index contributed by atoms with van der Waals surface area (Å²) in [5, 5.41) is 4.22. The SMILES string of the molecule is CCNCCCS(=O)(=O)NCCc1ccc(Cl)cc1Cl. The zero-order valence-electron chi connectivity index (χ0n) is 11.5. The fourth-order valence-electron chi connectivity index (χ4n) is 1.70. The van der Waals surface area contributed by atoms with Crippen molar-refractivity contribution in [1.29, 1.82) is 0 Å². The Morgan fingerprint density at radius 3 is 2.60 bits per heavy atom. The van der Waals surface area contributed by atoms with Gasteiger partial charge < -0.3 is 5.32 Å². The van der Waals surface area contributed by atoms with Gasteiger partial charge in [-0.1, -0.05) is 36.2 Å². The van der Waals surface area contributed by atoms with Gasteiger partial charge in [-0.3, -0.25) is 0 Å². The molecule has 0 aliphatic rings. The second-order valence-corrected chi connectivity index (χ2v) is 7.18. The van der Waals surface area contributed by atoms with E-state index in [0.717, 1.165) is 12.1 Å². The molecule has 0 radical (unpaired) electrons. The second kappa shape index (κ2) is 8.85. The van der Waals surface area contributed by atoms with Crippen LogP contribution in [0.2, 0.25) is 10.0 Å². The van der Waals surface area contributed by atoms with Crippen LogP contribution in [0, 0.1) is 0 Å². The molecule has 0 saturated carbocycles. The lowest BCUT2D eigenvalue weighted by molar-refractivity contribution is 0.576. The third kappa shape index (κ3) is 6.90. The van der Waals surface area contributed by atoms with Crippen molar-refractivity contribution in [2.75, 3.05) is 25.4 Å². The fourth-order valence-corrected chi connectivity index (χ4v) is 3.29. The van der Waals surface area contributed by atoms with Crippen molar-refractivity contribution in [2.24, 2.45) is 0 Å². The molecule has 20 heavy (non-hydrogen) atoms. The van der Waals surface area contributed by atoms with Gasteiger partial charge in [0.25, 0.3) is 0 Å². The Morgan fingerprint density at radius 2 is 1.95 bits per heavy atom. The predicted molar refractivity (Wildman–Crippen MR) is 85.1 cm³/mol. The molecule has 0 heterocycles. The Labute approximate surface area is 130 Å². The zero-order chi connectivity index (χ0) is 15.0. The van der Waals surface area contributed by atoms with Gasteiger partial charge in [-0.05, 0) is 43.6 Å². The number of rotatable bonds is 9. The average molecular weight is 339 g/mol. The summed E-state index contributed by atoms with van der Waals surface area (Å²) in [6, 6.07) is 5.21. The molecule has 7 heteroatoms. The van der Waals surface area contributed by atoms with Gasteiger partial charge in [-0.25, -0.2) is 13.1 Å². The molecule has 0 aliphatic carbocycles. The van der Waals surface area contributed by atoms with E-state index in [-0.39, 0.29) is 5.75 Å². The summed E-state index contributed by atoms with van der Waals surface area (Å²) >= 11 is 11.8. The molecule has 114 valence electrons. The Bertz CT molecular complexity index is 521. The molecule has 0 spiro atoms. The maximum Gasteiger partial charge on any atom is 0.211 e. The van der Waals surface area contributed by atoms with E-state index in [1.165, 1.54) is 0 Å². The molecule has 0 saturated heterocycles. The minimum Gasteiger partial charge on any atom is -0.317 e. The molecule has 4 nitrogen and oxygen atoms in total. The van der Waals surface area contributed by atoms with Gasteiger partial charge >= 0.3 is 0 Å². The van der Waals surface area contributed by atoms with Gasteiger partial charge in [0.05, 0.1) is 5.75 Å². The highest BCUT2D eigenvalue weighted by Gasteiger charge is 2.09. The van der Waals surface area contributed by atoms with Crippen molar-refractivity contribution < 1.29 is 8.42 Å². The molecule has 0 aliphatic heterocycles. The van der Waals surface area contributed by atoms with E-state index in [9.17, 15) is 8.42 Å². The Kier molecular flexibility index (Phi) is 7.84. The topological polar surface area (TPSA) is 58.2 Å². The Hall–Kier alpha value is -0.330. The molecular weight excluding hydrogens is 319 g/mol. The molecule has 0 fully saturated rings. The quantitative estimate of drug-likeness (QED) is 0.680. The summed E-state index contributed by atoms with van der Waals surface area (Å²) < 4.78 is 26.0. The number of benzene rings is 1. The molecule has 0 amide bonds. The Balaban J connectivity index is 2.35. The third-order valence-electron chi connectivity index (χ3n) is 2.75. The van der Waals surface area contributed by atoms with E-state index in [0.29, 0.717) is 36.0 Å². The first-order chi connectivity index (χ1) is 9.44. The van der Waals surface area contributed by atoms with E-state index >= 15 is 0 Å². The largest absolute Gasteiger partial charge is 0.317 e. The summed E-state index contributed by atoms with van der Waals surface area (Å²) in [5.41, 5.74) is 0.881. The van der Waals surface area contributed by atoms with Crippen molar-refractivity contribution in [3.63, 3.8) is 0 Å². The minimum absolute atomic E-state index is 0.133. The van der Waals surface area contributed by atoms with Gasteiger partial charge in [-0.15, -0.1) is 0 Å². The number of nitrogens with one attached hydrogen (secondary N) is 2. The summed E-state index contributed by atoms with van der Waals surface area (Å²) in [6.07, 6.45) is 1.15. The van der Waals surface area contributed by atoms with E-state index < -0.39 is 10.0 Å². The fraction of sp³-hybridized carbons (Fsp3) is 0.538. The molecule has 2 N–H and O–H groups in total. The molecule has 1 aromatic carbocycles. The molecular formula is C13H20Cl2N2O2S. The lowest BCUT2D eigenvalue weighted by Gasteiger charge is -2.08. The van der Waals surface area contributed by atoms with Gasteiger partial charge in [0.15, 0.2) is 0 Å².